The maximum absolute atomic E-state index is 5.88. The van der Waals surface area contributed by atoms with E-state index in [9.17, 15) is 0 Å². The molecule has 0 aliphatic heterocycles. The molecule has 0 aromatic heterocycles. The van der Waals surface area contributed by atoms with Gasteiger partial charge in [0.25, 0.3) is 0 Å². The smallest absolute Gasteiger partial charge is 0.0729 e. The minimum absolute atomic E-state index is 0.0359. The molecule has 0 heterocycles. The van der Waals surface area contributed by atoms with Gasteiger partial charge in [-0.1, -0.05) is 13.8 Å². The van der Waals surface area contributed by atoms with E-state index in [-0.39, 0.29) is 5.60 Å². The maximum atomic E-state index is 5.88. The lowest BCUT2D eigenvalue weighted by Crippen LogP contribution is -2.37. The fraction of sp³-hybridized carbons (Fsp3) is 1.00. The van der Waals surface area contributed by atoms with Gasteiger partial charge < -0.3 is 10.1 Å². The molecule has 12 heavy (non-hydrogen) atoms. The third kappa shape index (κ3) is 5.56. The molecule has 2 heteroatoms. The van der Waals surface area contributed by atoms with E-state index in [2.05, 4.69) is 39.9 Å². The molecule has 0 aromatic rings. The van der Waals surface area contributed by atoms with Crippen molar-refractivity contribution >= 4 is 0 Å². The summed E-state index contributed by atoms with van der Waals surface area (Å²) in [6, 6.07) is 0. The molecule has 0 aromatic carbocycles. The lowest BCUT2D eigenvalue weighted by molar-refractivity contribution is -0.0768. The summed E-state index contributed by atoms with van der Waals surface area (Å²) in [4.78, 5) is 0. The van der Waals surface area contributed by atoms with Gasteiger partial charge in [0.1, 0.15) is 0 Å². The summed E-state index contributed by atoms with van der Waals surface area (Å²) >= 11 is 0. The number of nitrogens with one attached hydrogen (secondary N) is 1. The van der Waals surface area contributed by atoms with Crippen LogP contribution in [0.15, 0.2) is 0 Å². The normalized spacial score (nSPS) is 15.2. The third-order valence-electron chi connectivity index (χ3n) is 1.65. The Bertz CT molecular complexity index is 115. The van der Waals surface area contributed by atoms with Gasteiger partial charge in [0, 0.05) is 6.54 Å². The summed E-state index contributed by atoms with van der Waals surface area (Å²) in [6.07, 6.45) is 0.315. The Morgan fingerprint density at radius 2 is 1.75 bits per heavy atom. The van der Waals surface area contributed by atoms with Crippen LogP contribution in [0.5, 0.6) is 0 Å². The van der Waals surface area contributed by atoms with Crippen LogP contribution >= 0.6 is 0 Å². The predicted molar refractivity (Wildman–Crippen MR) is 53.4 cm³/mol. The highest BCUT2D eigenvalue weighted by atomic mass is 16.5. The van der Waals surface area contributed by atoms with Crippen LogP contribution in [0, 0.1) is 5.92 Å². The van der Waals surface area contributed by atoms with Crippen LogP contribution in [-0.2, 0) is 4.74 Å². The fourth-order valence-electron chi connectivity index (χ4n) is 1.07. The predicted octanol–water partition coefficient (Wildman–Crippen LogP) is 2.05. The van der Waals surface area contributed by atoms with Gasteiger partial charge in [0.05, 0.1) is 11.7 Å². The highest BCUT2D eigenvalue weighted by molar-refractivity contribution is 4.70. The van der Waals surface area contributed by atoms with E-state index < -0.39 is 0 Å². The number of ether oxygens (including phenoxy) is 1. The van der Waals surface area contributed by atoms with E-state index in [1.165, 1.54) is 0 Å². The van der Waals surface area contributed by atoms with Crippen molar-refractivity contribution in [3.63, 3.8) is 0 Å². The Labute approximate surface area is 76.7 Å². The van der Waals surface area contributed by atoms with Gasteiger partial charge in [0.2, 0.25) is 0 Å². The minimum atomic E-state index is -0.0359. The molecule has 0 unspecified atom stereocenters. The zero-order valence-corrected chi connectivity index (χ0v) is 9.27. The largest absolute Gasteiger partial charge is 0.371 e. The van der Waals surface area contributed by atoms with Gasteiger partial charge in [-0.2, -0.15) is 0 Å². The first-order valence-corrected chi connectivity index (χ1v) is 4.69. The van der Waals surface area contributed by atoms with Gasteiger partial charge in [0.15, 0.2) is 0 Å². The van der Waals surface area contributed by atoms with E-state index >= 15 is 0 Å². The minimum Gasteiger partial charge on any atom is -0.371 e. The summed E-state index contributed by atoms with van der Waals surface area (Å²) in [5.41, 5.74) is -0.0359. The summed E-state index contributed by atoms with van der Waals surface area (Å²) in [7, 11) is 1.96. The van der Waals surface area contributed by atoms with E-state index in [1.54, 1.807) is 0 Å². The first kappa shape index (κ1) is 11.9. The van der Waals surface area contributed by atoms with Gasteiger partial charge in [-0.25, -0.2) is 0 Å². The molecule has 1 atom stereocenters. The average Bonchev–Trinajstić information content (AvgIpc) is 1.83. The van der Waals surface area contributed by atoms with Crippen LogP contribution < -0.4 is 5.32 Å². The van der Waals surface area contributed by atoms with E-state index in [0.29, 0.717) is 12.0 Å². The molecule has 0 aliphatic carbocycles. The molecule has 2 nitrogen and oxygen atoms in total. The van der Waals surface area contributed by atoms with E-state index in [0.717, 1.165) is 6.54 Å². The number of hydrogen-bond donors (Lipinski definition) is 1. The monoisotopic (exact) mass is 173 g/mol. The number of likely N-dealkylation sites (N-methyl/N-ethyl adjacent to an activating group) is 1. The molecule has 74 valence electrons. The van der Waals surface area contributed by atoms with Crippen molar-refractivity contribution in [3.8, 4) is 0 Å². The molecule has 0 fully saturated rings. The van der Waals surface area contributed by atoms with Crippen LogP contribution in [0.1, 0.15) is 34.6 Å². The lowest BCUT2D eigenvalue weighted by Gasteiger charge is -2.30. The molecule has 0 bridgehead atoms. The maximum Gasteiger partial charge on any atom is 0.0729 e. The third-order valence-corrected chi connectivity index (χ3v) is 1.65. The Balaban J connectivity index is 3.95. The summed E-state index contributed by atoms with van der Waals surface area (Å²) in [5, 5.41) is 3.15. The highest BCUT2D eigenvalue weighted by Gasteiger charge is 2.20. The Morgan fingerprint density at radius 1 is 1.25 bits per heavy atom. The van der Waals surface area contributed by atoms with Crippen molar-refractivity contribution in [1.29, 1.82) is 0 Å². The molecule has 0 saturated heterocycles. The van der Waals surface area contributed by atoms with Crippen LogP contribution in [0.4, 0.5) is 0 Å². The fourth-order valence-corrected chi connectivity index (χ4v) is 1.07. The molecule has 0 rings (SSSR count). The average molecular weight is 173 g/mol. The zero-order chi connectivity index (χ0) is 9.78. The Hall–Kier alpha value is -0.0800. The molecule has 0 spiro atoms. The van der Waals surface area contributed by atoms with Crippen LogP contribution in [-0.4, -0.2) is 25.3 Å². The molecular weight excluding hydrogens is 150 g/mol. The van der Waals surface area contributed by atoms with Crippen LogP contribution in [0.3, 0.4) is 0 Å². The SMILES string of the molecule is CNC[C@H](OC(C)(C)C)C(C)C. The molecular formula is C10H23NO. The topological polar surface area (TPSA) is 21.3 Å². The second kappa shape index (κ2) is 4.83. The van der Waals surface area contributed by atoms with E-state index in [1.807, 2.05) is 7.05 Å². The van der Waals surface area contributed by atoms with E-state index in [4.69, 9.17) is 4.74 Å². The van der Waals surface area contributed by atoms with Crippen molar-refractivity contribution < 1.29 is 4.74 Å². The first-order chi connectivity index (χ1) is 5.37. The van der Waals surface area contributed by atoms with Crippen LogP contribution in [0.25, 0.3) is 0 Å². The van der Waals surface area contributed by atoms with Gasteiger partial charge in [-0.05, 0) is 33.7 Å². The molecule has 1 N–H and O–H groups in total. The van der Waals surface area contributed by atoms with Crippen molar-refractivity contribution in [2.75, 3.05) is 13.6 Å². The van der Waals surface area contributed by atoms with Crippen molar-refractivity contribution in [2.45, 2.75) is 46.3 Å². The summed E-state index contributed by atoms with van der Waals surface area (Å²) < 4.78 is 5.88. The standard InChI is InChI=1S/C10H23NO/c1-8(2)9(7-11-6)12-10(3,4)5/h8-9,11H,7H2,1-6H3/t9-/m0/s1. The lowest BCUT2D eigenvalue weighted by atomic mass is 10.1. The van der Waals surface area contributed by atoms with Crippen LogP contribution in [0.2, 0.25) is 0 Å². The summed E-state index contributed by atoms with van der Waals surface area (Å²) in [5.74, 6) is 0.566. The summed E-state index contributed by atoms with van der Waals surface area (Å²) in [6.45, 7) is 11.6. The zero-order valence-electron chi connectivity index (χ0n) is 9.27. The van der Waals surface area contributed by atoms with Gasteiger partial charge in [-0.15, -0.1) is 0 Å². The van der Waals surface area contributed by atoms with Crippen molar-refractivity contribution in [2.24, 2.45) is 5.92 Å². The molecule has 0 amide bonds. The molecule has 0 radical (unpaired) electrons. The first-order valence-electron chi connectivity index (χ1n) is 4.69. The Morgan fingerprint density at radius 3 is 2.00 bits per heavy atom. The van der Waals surface area contributed by atoms with Crippen molar-refractivity contribution in [1.82, 2.24) is 5.32 Å². The van der Waals surface area contributed by atoms with Crippen molar-refractivity contribution in [3.05, 3.63) is 0 Å². The Kier molecular flexibility index (Phi) is 4.80. The number of rotatable bonds is 4. The second-order valence-corrected chi connectivity index (χ2v) is 4.57. The number of hydrogen-bond acceptors (Lipinski definition) is 2. The quantitative estimate of drug-likeness (QED) is 0.702. The van der Waals surface area contributed by atoms with Gasteiger partial charge in [-0.3, -0.25) is 0 Å². The second-order valence-electron chi connectivity index (χ2n) is 4.57. The van der Waals surface area contributed by atoms with Gasteiger partial charge >= 0.3 is 0 Å². The highest BCUT2D eigenvalue weighted by Crippen LogP contribution is 2.15. The molecule has 0 aliphatic rings. The molecule has 0 saturated carbocycles.